The topological polar surface area (TPSA) is 70.7 Å². The lowest BCUT2D eigenvalue weighted by Gasteiger charge is -2.08. The molecule has 0 bridgehead atoms. The molecule has 2 N–H and O–H groups in total. The number of anilines is 1. The van der Waals surface area contributed by atoms with Crippen molar-refractivity contribution in [2.24, 2.45) is 0 Å². The van der Waals surface area contributed by atoms with Crippen LogP contribution in [0.25, 0.3) is 11.0 Å². The lowest BCUT2D eigenvalue weighted by molar-refractivity contribution is -0.115. The van der Waals surface area contributed by atoms with E-state index in [0.717, 1.165) is 11.0 Å². The number of aromatic amines is 1. The van der Waals surface area contributed by atoms with Gasteiger partial charge in [-0.1, -0.05) is 23.4 Å². The fourth-order valence-corrected chi connectivity index (χ4v) is 3.25. The number of nitrogens with zero attached hydrogens (tertiary/aromatic N) is 2. The second-order valence-corrected chi connectivity index (χ2v) is 6.95. The zero-order valence-electron chi connectivity index (χ0n) is 11.0. The monoisotopic (exact) mass is 338 g/mol. The fraction of sp³-hybridized carbons (Fsp3) is 0.154. The van der Waals surface area contributed by atoms with E-state index in [4.69, 9.17) is 11.6 Å². The molecule has 2 aromatic heterocycles. The third kappa shape index (κ3) is 3.37. The molecule has 2 heterocycles. The summed E-state index contributed by atoms with van der Waals surface area (Å²) in [4.78, 5) is 23.7. The summed E-state index contributed by atoms with van der Waals surface area (Å²) >= 11 is 8.69. The zero-order valence-corrected chi connectivity index (χ0v) is 13.4. The Morgan fingerprint density at radius 3 is 3.14 bits per heavy atom. The third-order valence-electron chi connectivity index (χ3n) is 2.74. The van der Waals surface area contributed by atoms with Gasteiger partial charge in [0, 0.05) is 16.6 Å². The second kappa shape index (κ2) is 6.05. The summed E-state index contributed by atoms with van der Waals surface area (Å²) in [6, 6.07) is 5.45. The number of halogens is 1. The van der Waals surface area contributed by atoms with Gasteiger partial charge in [-0.25, -0.2) is 9.97 Å². The molecular formula is C13H11ClN4OS2. The van der Waals surface area contributed by atoms with Gasteiger partial charge in [-0.2, -0.15) is 0 Å². The van der Waals surface area contributed by atoms with Crippen molar-refractivity contribution in [2.45, 2.75) is 17.3 Å². The molecule has 8 heteroatoms. The maximum atomic E-state index is 12.1. The van der Waals surface area contributed by atoms with E-state index in [2.05, 4.69) is 20.3 Å². The Bertz CT molecular complexity index is 772. The number of thioether (sulfide) groups is 1. The number of fused-ring (bicyclic) bond motifs is 1. The molecule has 1 aromatic carbocycles. The highest BCUT2D eigenvalue weighted by atomic mass is 35.5. The van der Waals surface area contributed by atoms with Gasteiger partial charge in [-0.3, -0.25) is 4.79 Å². The zero-order chi connectivity index (χ0) is 14.8. The summed E-state index contributed by atoms with van der Waals surface area (Å²) in [6.07, 6.45) is 1.65. The number of H-pyrrole nitrogens is 1. The molecule has 0 fully saturated rings. The highest BCUT2D eigenvalue weighted by Gasteiger charge is 2.17. The van der Waals surface area contributed by atoms with Crippen molar-refractivity contribution in [3.63, 3.8) is 0 Å². The molecule has 0 saturated carbocycles. The molecule has 0 aliphatic rings. The number of aromatic nitrogens is 3. The quantitative estimate of drug-likeness (QED) is 0.710. The van der Waals surface area contributed by atoms with Crippen LogP contribution in [0, 0.1) is 0 Å². The fourth-order valence-electron chi connectivity index (χ4n) is 1.73. The number of benzene rings is 1. The largest absolute Gasteiger partial charge is 0.333 e. The van der Waals surface area contributed by atoms with Gasteiger partial charge in [-0.05, 0) is 25.1 Å². The first kappa shape index (κ1) is 14.4. The summed E-state index contributed by atoms with van der Waals surface area (Å²) in [5.41, 5.74) is 1.69. The van der Waals surface area contributed by atoms with Crippen LogP contribution in [0.5, 0.6) is 0 Å². The standard InChI is InChI=1S/C13H11ClN4OS2/c1-7(11(19)18-12-15-4-5-20-12)21-13-16-9-3-2-8(14)6-10(9)17-13/h2-7H,1H3,(H,16,17)(H,15,18,19)/t7-/m0/s1. The lowest BCUT2D eigenvalue weighted by atomic mass is 10.3. The first-order valence-electron chi connectivity index (χ1n) is 6.14. The first-order valence-corrected chi connectivity index (χ1v) is 8.28. The van der Waals surface area contributed by atoms with Gasteiger partial charge < -0.3 is 10.3 Å². The first-order chi connectivity index (χ1) is 10.1. The van der Waals surface area contributed by atoms with Crippen LogP contribution in [0.2, 0.25) is 5.02 Å². The van der Waals surface area contributed by atoms with Crippen molar-refractivity contribution >= 4 is 56.8 Å². The Morgan fingerprint density at radius 1 is 1.52 bits per heavy atom. The summed E-state index contributed by atoms with van der Waals surface area (Å²) in [6.45, 7) is 1.83. The number of hydrogen-bond acceptors (Lipinski definition) is 5. The number of carbonyl (C=O) groups excluding carboxylic acids is 1. The second-order valence-electron chi connectivity index (χ2n) is 4.29. The lowest BCUT2D eigenvalue weighted by Crippen LogP contribution is -2.22. The Kier molecular flexibility index (Phi) is 4.14. The van der Waals surface area contributed by atoms with Crippen LogP contribution in [-0.4, -0.2) is 26.1 Å². The predicted octanol–water partition coefficient (Wildman–Crippen LogP) is 3.79. The molecule has 1 atom stereocenters. The number of rotatable bonds is 4. The van der Waals surface area contributed by atoms with Crippen molar-refractivity contribution in [1.82, 2.24) is 15.0 Å². The van der Waals surface area contributed by atoms with Crippen molar-refractivity contribution in [2.75, 3.05) is 5.32 Å². The van der Waals surface area contributed by atoms with Crippen molar-refractivity contribution < 1.29 is 4.79 Å². The highest BCUT2D eigenvalue weighted by molar-refractivity contribution is 8.00. The van der Waals surface area contributed by atoms with E-state index < -0.39 is 0 Å². The number of thiazole rings is 1. The van der Waals surface area contributed by atoms with Gasteiger partial charge >= 0.3 is 0 Å². The summed E-state index contributed by atoms with van der Waals surface area (Å²) in [5, 5.41) is 6.24. The average Bonchev–Trinajstić information content (AvgIpc) is 3.07. The van der Waals surface area contributed by atoms with Crippen molar-refractivity contribution in [1.29, 1.82) is 0 Å². The molecule has 0 saturated heterocycles. The molecule has 0 aliphatic heterocycles. The Morgan fingerprint density at radius 2 is 2.38 bits per heavy atom. The van der Waals surface area contributed by atoms with Crippen LogP contribution in [0.3, 0.4) is 0 Å². The number of nitrogens with one attached hydrogen (secondary N) is 2. The minimum absolute atomic E-state index is 0.103. The van der Waals surface area contributed by atoms with E-state index in [-0.39, 0.29) is 11.2 Å². The van der Waals surface area contributed by atoms with Gasteiger partial charge in [0.1, 0.15) is 0 Å². The van der Waals surface area contributed by atoms with Crippen LogP contribution >= 0.6 is 34.7 Å². The normalized spacial score (nSPS) is 12.5. The van der Waals surface area contributed by atoms with Crippen LogP contribution in [0.15, 0.2) is 34.9 Å². The van der Waals surface area contributed by atoms with Crippen molar-refractivity contribution in [3.05, 3.63) is 34.8 Å². The minimum Gasteiger partial charge on any atom is -0.333 e. The van der Waals surface area contributed by atoms with E-state index in [1.807, 2.05) is 24.4 Å². The molecule has 3 rings (SSSR count). The van der Waals surface area contributed by atoms with Crippen LogP contribution in [0.1, 0.15) is 6.92 Å². The Balaban J connectivity index is 1.70. The number of imidazole rings is 1. The van der Waals surface area contributed by atoms with Crippen molar-refractivity contribution in [3.8, 4) is 0 Å². The van der Waals surface area contributed by atoms with Gasteiger partial charge in [-0.15, -0.1) is 11.3 Å². The Hall–Kier alpha value is -1.57. The summed E-state index contributed by atoms with van der Waals surface area (Å²) in [7, 11) is 0. The molecule has 1 amide bonds. The van der Waals surface area contributed by atoms with Gasteiger partial charge in [0.15, 0.2) is 10.3 Å². The molecule has 0 aliphatic carbocycles. The van der Waals surface area contributed by atoms with Gasteiger partial charge in [0.25, 0.3) is 0 Å². The van der Waals surface area contributed by atoms with Crippen LogP contribution in [0.4, 0.5) is 5.13 Å². The molecule has 0 unspecified atom stereocenters. The van der Waals surface area contributed by atoms with E-state index >= 15 is 0 Å². The molecule has 0 spiro atoms. The summed E-state index contributed by atoms with van der Waals surface area (Å²) in [5.74, 6) is -0.103. The number of hydrogen-bond donors (Lipinski definition) is 2. The smallest absolute Gasteiger partial charge is 0.239 e. The predicted molar refractivity (Wildman–Crippen MR) is 87.2 cm³/mol. The van der Waals surface area contributed by atoms with E-state index in [0.29, 0.717) is 15.3 Å². The van der Waals surface area contributed by atoms with E-state index in [9.17, 15) is 4.79 Å². The van der Waals surface area contributed by atoms with E-state index in [1.54, 1.807) is 12.3 Å². The molecule has 5 nitrogen and oxygen atoms in total. The molecule has 21 heavy (non-hydrogen) atoms. The third-order valence-corrected chi connectivity index (χ3v) is 4.65. The SMILES string of the molecule is C[C@H](Sc1nc2ccc(Cl)cc2[nH]1)C(=O)Nc1nccs1. The van der Waals surface area contributed by atoms with Crippen LogP contribution in [-0.2, 0) is 4.79 Å². The number of amides is 1. The number of carbonyl (C=O) groups is 1. The maximum absolute atomic E-state index is 12.1. The molecule has 3 aromatic rings. The Labute approximate surface area is 134 Å². The van der Waals surface area contributed by atoms with Gasteiger partial charge in [0.2, 0.25) is 5.91 Å². The minimum atomic E-state index is -0.287. The van der Waals surface area contributed by atoms with Gasteiger partial charge in [0.05, 0.1) is 16.3 Å². The van der Waals surface area contributed by atoms with Crippen LogP contribution < -0.4 is 5.32 Å². The summed E-state index contributed by atoms with van der Waals surface area (Å²) < 4.78 is 0. The van der Waals surface area contributed by atoms with E-state index in [1.165, 1.54) is 23.1 Å². The maximum Gasteiger partial charge on any atom is 0.239 e. The molecular weight excluding hydrogens is 328 g/mol. The molecule has 108 valence electrons. The molecule has 0 radical (unpaired) electrons. The average molecular weight is 339 g/mol. The highest BCUT2D eigenvalue weighted by Crippen LogP contribution is 2.26.